The van der Waals surface area contributed by atoms with Crippen LogP contribution in [0.4, 0.5) is 11.6 Å². The summed E-state index contributed by atoms with van der Waals surface area (Å²) in [7, 11) is 1.69. The number of anilines is 2. The Balaban J connectivity index is 2.08. The van der Waals surface area contributed by atoms with E-state index in [1.165, 1.54) is 0 Å². The quantitative estimate of drug-likeness (QED) is 0.820. The minimum atomic E-state index is 0.568. The summed E-state index contributed by atoms with van der Waals surface area (Å²) in [5.74, 6) is 0.750. The zero-order chi connectivity index (χ0) is 13.7. The number of hydrogen-bond acceptors (Lipinski definition) is 3. The largest absolute Gasteiger partial charge is 0.385 e. The number of ether oxygens (including phenoxy) is 1. The number of nitrogens with one attached hydrogen (secondary N) is 1. The second-order valence-electron chi connectivity index (χ2n) is 4.04. The van der Waals surface area contributed by atoms with Crippen molar-refractivity contribution >= 4 is 34.8 Å². The number of halogens is 2. The van der Waals surface area contributed by atoms with Gasteiger partial charge >= 0.3 is 0 Å². The lowest BCUT2D eigenvalue weighted by molar-refractivity contribution is 0.190. The summed E-state index contributed by atoms with van der Waals surface area (Å²) in [6, 6.07) is 5.32. The van der Waals surface area contributed by atoms with Crippen LogP contribution in [-0.2, 0) is 11.3 Å². The van der Waals surface area contributed by atoms with Crippen LogP contribution in [0.15, 0.2) is 30.6 Å². The molecule has 1 aromatic carbocycles. The van der Waals surface area contributed by atoms with E-state index >= 15 is 0 Å². The molecule has 0 bridgehead atoms. The van der Waals surface area contributed by atoms with Crippen LogP contribution in [0.1, 0.15) is 6.42 Å². The van der Waals surface area contributed by atoms with Crippen LogP contribution in [0, 0.1) is 0 Å². The second-order valence-corrected chi connectivity index (χ2v) is 4.88. The third-order valence-electron chi connectivity index (χ3n) is 2.64. The summed E-state index contributed by atoms with van der Waals surface area (Å²) in [5, 5.41) is 4.37. The Kier molecular flexibility index (Phi) is 5.07. The topological polar surface area (TPSA) is 39.1 Å². The molecule has 0 fully saturated rings. The van der Waals surface area contributed by atoms with Gasteiger partial charge in [0.25, 0.3) is 0 Å². The fourth-order valence-electron chi connectivity index (χ4n) is 1.70. The highest BCUT2D eigenvalue weighted by Gasteiger charge is 2.06. The molecule has 6 heteroatoms. The van der Waals surface area contributed by atoms with Crippen molar-refractivity contribution in [2.45, 2.75) is 13.0 Å². The summed E-state index contributed by atoms with van der Waals surface area (Å²) in [5.41, 5.74) is 0.783. The van der Waals surface area contributed by atoms with Crippen LogP contribution in [0.5, 0.6) is 0 Å². The molecule has 0 radical (unpaired) electrons. The standard InChI is InChI=1S/C13H15Cl2N3O/c1-19-8-2-6-18-7-5-16-13(18)17-12-4-3-10(14)9-11(12)15/h3-5,7,9H,2,6,8H2,1H3,(H,16,17). The van der Waals surface area contributed by atoms with Crippen molar-refractivity contribution in [2.75, 3.05) is 19.0 Å². The monoisotopic (exact) mass is 299 g/mol. The van der Waals surface area contributed by atoms with E-state index in [4.69, 9.17) is 27.9 Å². The predicted molar refractivity (Wildman–Crippen MR) is 78.5 cm³/mol. The number of nitrogens with zero attached hydrogens (tertiary/aromatic N) is 2. The third-order valence-corrected chi connectivity index (χ3v) is 3.19. The Morgan fingerprint density at radius 3 is 2.95 bits per heavy atom. The van der Waals surface area contributed by atoms with E-state index in [2.05, 4.69) is 10.3 Å². The average Bonchev–Trinajstić information content (AvgIpc) is 2.81. The molecule has 0 saturated carbocycles. The van der Waals surface area contributed by atoms with Crippen LogP contribution >= 0.6 is 23.2 Å². The van der Waals surface area contributed by atoms with E-state index in [1.807, 2.05) is 16.8 Å². The zero-order valence-corrected chi connectivity index (χ0v) is 12.1. The molecular weight excluding hydrogens is 285 g/mol. The maximum Gasteiger partial charge on any atom is 0.207 e. The third kappa shape index (κ3) is 3.86. The summed E-state index contributed by atoms with van der Waals surface area (Å²) in [4.78, 5) is 4.27. The highest BCUT2D eigenvalue weighted by molar-refractivity contribution is 6.36. The van der Waals surface area contributed by atoms with Gasteiger partial charge in [-0.3, -0.25) is 0 Å². The summed E-state index contributed by atoms with van der Waals surface area (Å²) in [6.07, 6.45) is 4.59. The second kappa shape index (κ2) is 6.80. The Hall–Kier alpha value is -1.23. The van der Waals surface area contributed by atoms with E-state index in [-0.39, 0.29) is 0 Å². The minimum absolute atomic E-state index is 0.568. The first kappa shape index (κ1) is 14.2. The van der Waals surface area contributed by atoms with Gasteiger partial charge in [0.15, 0.2) is 0 Å². The van der Waals surface area contributed by atoms with Crippen LogP contribution in [0.3, 0.4) is 0 Å². The molecule has 1 heterocycles. The molecule has 2 rings (SSSR count). The van der Waals surface area contributed by atoms with Crippen molar-refractivity contribution in [2.24, 2.45) is 0 Å². The van der Waals surface area contributed by atoms with Crippen molar-refractivity contribution in [3.05, 3.63) is 40.6 Å². The van der Waals surface area contributed by atoms with Crippen LogP contribution in [0.25, 0.3) is 0 Å². The molecule has 0 atom stereocenters. The van der Waals surface area contributed by atoms with Gasteiger partial charge in [0, 0.05) is 37.7 Å². The van der Waals surface area contributed by atoms with E-state index in [9.17, 15) is 0 Å². The van der Waals surface area contributed by atoms with Gasteiger partial charge in [-0.2, -0.15) is 0 Å². The lowest BCUT2D eigenvalue weighted by atomic mass is 10.3. The van der Waals surface area contributed by atoms with Crippen LogP contribution in [-0.4, -0.2) is 23.3 Å². The molecule has 1 aromatic heterocycles. The van der Waals surface area contributed by atoms with Crippen LogP contribution in [0.2, 0.25) is 10.0 Å². The van der Waals surface area contributed by atoms with Gasteiger partial charge in [0.2, 0.25) is 5.95 Å². The maximum absolute atomic E-state index is 6.12. The smallest absolute Gasteiger partial charge is 0.207 e. The van der Waals surface area contributed by atoms with E-state index in [0.29, 0.717) is 10.0 Å². The first-order valence-electron chi connectivity index (χ1n) is 5.93. The summed E-state index contributed by atoms with van der Waals surface area (Å²) >= 11 is 12.0. The van der Waals surface area contributed by atoms with Gasteiger partial charge in [-0.05, 0) is 24.6 Å². The number of rotatable bonds is 6. The molecule has 4 nitrogen and oxygen atoms in total. The Morgan fingerprint density at radius 1 is 1.37 bits per heavy atom. The number of methoxy groups -OCH3 is 1. The molecule has 0 aliphatic heterocycles. The SMILES string of the molecule is COCCCn1ccnc1Nc1ccc(Cl)cc1Cl. The van der Waals surface area contributed by atoms with Gasteiger partial charge in [-0.1, -0.05) is 23.2 Å². The summed E-state index contributed by atoms with van der Waals surface area (Å²) in [6.45, 7) is 1.56. The van der Waals surface area contributed by atoms with Gasteiger partial charge in [-0.15, -0.1) is 0 Å². The maximum atomic E-state index is 6.12. The minimum Gasteiger partial charge on any atom is -0.385 e. The first-order chi connectivity index (χ1) is 9.20. The molecule has 0 aliphatic carbocycles. The van der Waals surface area contributed by atoms with Crippen LogP contribution < -0.4 is 5.32 Å². The van der Waals surface area contributed by atoms with Crippen molar-refractivity contribution in [1.82, 2.24) is 9.55 Å². The molecule has 0 aliphatic rings. The van der Waals surface area contributed by atoms with Gasteiger partial charge in [0.05, 0.1) is 10.7 Å². The fraction of sp³-hybridized carbons (Fsp3) is 0.308. The Bertz CT molecular complexity index is 542. The number of aromatic nitrogens is 2. The molecule has 2 aromatic rings. The van der Waals surface area contributed by atoms with Gasteiger partial charge in [0.1, 0.15) is 0 Å². The molecule has 0 spiro atoms. The predicted octanol–water partition coefficient (Wildman–Crippen LogP) is 3.97. The number of aryl methyl sites for hydroxylation is 1. The number of benzene rings is 1. The molecule has 1 N–H and O–H groups in total. The van der Waals surface area contributed by atoms with Crippen molar-refractivity contribution < 1.29 is 4.74 Å². The van der Waals surface area contributed by atoms with Gasteiger partial charge in [-0.25, -0.2) is 4.98 Å². The van der Waals surface area contributed by atoms with Crippen molar-refractivity contribution in [3.63, 3.8) is 0 Å². The molecule has 0 saturated heterocycles. The first-order valence-corrected chi connectivity index (χ1v) is 6.68. The summed E-state index contributed by atoms with van der Waals surface area (Å²) < 4.78 is 7.06. The fourth-order valence-corrected chi connectivity index (χ4v) is 2.16. The Morgan fingerprint density at radius 2 is 2.21 bits per heavy atom. The van der Waals surface area contributed by atoms with E-state index in [0.717, 1.165) is 31.2 Å². The normalized spacial score (nSPS) is 10.7. The lowest BCUT2D eigenvalue weighted by Gasteiger charge is -2.11. The van der Waals surface area contributed by atoms with Gasteiger partial charge < -0.3 is 14.6 Å². The highest BCUT2D eigenvalue weighted by atomic mass is 35.5. The highest BCUT2D eigenvalue weighted by Crippen LogP contribution is 2.27. The Labute approximate surface area is 122 Å². The number of imidazole rings is 1. The molecule has 19 heavy (non-hydrogen) atoms. The number of hydrogen-bond donors (Lipinski definition) is 1. The van der Waals surface area contributed by atoms with Crippen molar-refractivity contribution in [1.29, 1.82) is 0 Å². The average molecular weight is 300 g/mol. The molecule has 0 amide bonds. The molecular formula is C13H15Cl2N3O. The lowest BCUT2D eigenvalue weighted by Crippen LogP contribution is -2.05. The zero-order valence-electron chi connectivity index (χ0n) is 10.6. The van der Waals surface area contributed by atoms with E-state index in [1.54, 1.807) is 25.4 Å². The molecule has 102 valence electrons. The molecule has 0 unspecified atom stereocenters. The van der Waals surface area contributed by atoms with Crippen molar-refractivity contribution in [3.8, 4) is 0 Å². The van der Waals surface area contributed by atoms with E-state index < -0.39 is 0 Å².